The summed E-state index contributed by atoms with van der Waals surface area (Å²) in [5.41, 5.74) is 1.52. The first-order chi connectivity index (χ1) is 18.3. The van der Waals surface area contributed by atoms with Gasteiger partial charge in [-0.3, -0.25) is 14.4 Å². The normalized spacial score (nSPS) is 13.1. The SMILES string of the molecule is CCCCOC(=O)c1cccc(NC(=O)c2ccc(NC3=C(Cl)C(=O)N(c4ccc(F)cc4)C3=O)cc2)c1. The molecule has 10 heteroatoms. The van der Waals surface area contributed by atoms with Crippen molar-refractivity contribution in [3.63, 3.8) is 0 Å². The highest BCUT2D eigenvalue weighted by Crippen LogP contribution is 2.30. The maximum absolute atomic E-state index is 13.2. The summed E-state index contributed by atoms with van der Waals surface area (Å²) in [4.78, 5) is 51.1. The second-order valence-corrected chi connectivity index (χ2v) is 8.72. The quantitative estimate of drug-likeness (QED) is 0.214. The van der Waals surface area contributed by atoms with Crippen LogP contribution in [0.1, 0.15) is 40.5 Å². The monoisotopic (exact) mass is 535 g/mol. The molecule has 0 saturated carbocycles. The highest BCUT2D eigenvalue weighted by molar-refractivity contribution is 6.53. The summed E-state index contributed by atoms with van der Waals surface area (Å²) >= 11 is 6.13. The van der Waals surface area contributed by atoms with Crippen molar-refractivity contribution in [2.24, 2.45) is 0 Å². The smallest absolute Gasteiger partial charge is 0.338 e. The van der Waals surface area contributed by atoms with E-state index in [0.717, 1.165) is 29.9 Å². The van der Waals surface area contributed by atoms with E-state index in [1.54, 1.807) is 30.3 Å². The molecule has 0 radical (unpaired) electrons. The molecule has 1 aliphatic heterocycles. The fourth-order valence-electron chi connectivity index (χ4n) is 3.61. The van der Waals surface area contributed by atoms with Gasteiger partial charge in [-0.1, -0.05) is 31.0 Å². The number of imide groups is 1. The molecular formula is C28H23ClFN3O5. The van der Waals surface area contributed by atoms with E-state index in [1.165, 1.54) is 30.3 Å². The molecule has 3 aromatic rings. The van der Waals surface area contributed by atoms with Gasteiger partial charge in [-0.05, 0) is 73.2 Å². The Morgan fingerprint density at radius 1 is 0.921 bits per heavy atom. The van der Waals surface area contributed by atoms with E-state index in [-0.39, 0.29) is 16.4 Å². The van der Waals surface area contributed by atoms with Gasteiger partial charge < -0.3 is 15.4 Å². The molecule has 4 rings (SSSR count). The Bertz CT molecular complexity index is 1420. The van der Waals surface area contributed by atoms with Crippen LogP contribution < -0.4 is 15.5 Å². The minimum atomic E-state index is -0.738. The first kappa shape index (κ1) is 26.6. The number of hydrogen-bond acceptors (Lipinski definition) is 6. The zero-order valence-electron chi connectivity index (χ0n) is 20.3. The van der Waals surface area contributed by atoms with Crippen molar-refractivity contribution < 1.29 is 28.3 Å². The van der Waals surface area contributed by atoms with Crippen molar-refractivity contribution >= 4 is 52.4 Å². The highest BCUT2D eigenvalue weighted by atomic mass is 35.5. The molecule has 3 aromatic carbocycles. The van der Waals surface area contributed by atoms with Gasteiger partial charge in [0.1, 0.15) is 16.5 Å². The third-order valence-corrected chi connectivity index (χ3v) is 5.97. The van der Waals surface area contributed by atoms with Gasteiger partial charge in [-0.2, -0.15) is 0 Å². The molecule has 0 fully saturated rings. The molecule has 1 aliphatic rings. The Labute approximate surface area is 223 Å². The van der Waals surface area contributed by atoms with Gasteiger partial charge in [0.2, 0.25) is 0 Å². The van der Waals surface area contributed by atoms with Crippen LogP contribution in [0.3, 0.4) is 0 Å². The number of rotatable bonds is 9. The predicted molar refractivity (Wildman–Crippen MR) is 141 cm³/mol. The first-order valence-corrected chi connectivity index (χ1v) is 12.2. The lowest BCUT2D eigenvalue weighted by atomic mass is 10.1. The number of amides is 3. The van der Waals surface area contributed by atoms with Gasteiger partial charge in [0, 0.05) is 16.9 Å². The predicted octanol–water partition coefficient (Wildman–Crippen LogP) is 5.47. The van der Waals surface area contributed by atoms with Gasteiger partial charge in [0.25, 0.3) is 17.7 Å². The molecule has 38 heavy (non-hydrogen) atoms. The van der Waals surface area contributed by atoms with Crippen LogP contribution in [0.4, 0.5) is 21.5 Å². The topological polar surface area (TPSA) is 105 Å². The van der Waals surface area contributed by atoms with Crippen LogP contribution in [-0.4, -0.2) is 30.3 Å². The van der Waals surface area contributed by atoms with Gasteiger partial charge in [0.15, 0.2) is 0 Å². The van der Waals surface area contributed by atoms with Gasteiger partial charge in [-0.15, -0.1) is 0 Å². The van der Waals surface area contributed by atoms with E-state index in [1.807, 2.05) is 6.92 Å². The minimum absolute atomic E-state index is 0.138. The van der Waals surface area contributed by atoms with Crippen molar-refractivity contribution in [1.82, 2.24) is 0 Å². The molecule has 8 nitrogen and oxygen atoms in total. The molecule has 3 amide bonds. The number of anilines is 3. The summed E-state index contributed by atoms with van der Waals surface area (Å²) in [5.74, 6) is -2.82. The Morgan fingerprint density at radius 2 is 1.63 bits per heavy atom. The molecule has 1 heterocycles. The summed E-state index contributed by atoms with van der Waals surface area (Å²) in [6.07, 6.45) is 1.68. The second kappa shape index (κ2) is 11.7. The van der Waals surface area contributed by atoms with Crippen LogP contribution in [0.15, 0.2) is 83.5 Å². The molecule has 0 unspecified atom stereocenters. The highest BCUT2D eigenvalue weighted by Gasteiger charge is 2.39. The van der Waals surface area contributed by atoms with Gasteiger partial charge >= 0.3 is 5.97 Å². The average Bonchev–Trinajstić information content (AvgIpc) is 3.12. The van der Waals surface area contributed by atoms with E-state index in [0.29, 0.717) is 29.1 Å². The van der Waals surface area contributed by atoms with E-state index in [9.17, 15) is 23.6 Å². The third-order valence-electron chi connectivity index (χ3n) is 5.62. The van der Waals surface area contributed by atoms with Crippen molar-refractivity contribution in [2.45, 2.75) is 19.8 Å². The molecule has 0 atom stereocenters. The zero-order valence-corrected chi connectivity index (χ0v) is 21.0. The van der Waals surface area contributed by atoms with Crippen LogP contribution in [0.5, 0.6) is 0 Å². The fraction of sp³-hybridized carbons (Fsp3) is 0.143. The molecular weight excluding hydrogens is 513 g/mol. The molecule has 0 aromatic heterocycles. The molecule has 0 bridgehead atoms. The maximum Gasteiger partial charge on any atom is 0.338 e. The number of benzene rings is 3. The molecule has 2 N–H and O–H groups in total. The second-order valence-electron chi connectivity index (χ2n) is 8.34. The van der Waals surface area contributed by atoms with Crippen LogP contribution in [-0.2, 0) is 14.3 Å². The summed E-state index contributed by atoms with van der Waals surface area (Å²) in [6, 6.07) is 17.4. The van der Waals surface area contributed by atoms with Gasteiger partial charge in [-0.25, -0.2) is 14.1 Å². The minimum Gasteiger partial charge on any atom is -0.462 e. The lowest BCUT2D eigenvalue weighted by Gasteiger charge is -2.15. The number of nitrogens with one attached hydrogen (secondary N) is 2. The Hall–Kier alpha value is -4.50. The number of carbonyl (C=O) groups is 4. The van der Waals surface area contributed by atoms with Crippen molar-refractivity contribution in [3.05, 3.63) is 100 Å². The largest absolute Gasteiger partial charge is 0.462 e. The molecule has 0 saturated heterocycles. The number of hydrogen-bond donors (Lipinski definition) is 2. The van der Waals surface area contributed by atoms with Crippen LogP contribution in [0.25, 0.3) is 0 Å². The standard InChI is InChI=1S/C28H23ClFN3O5/c1-2-3-15-38-28(37)18-5-4-6-21(16-18)32-25(34)17-7-11-20(12-8-17)31-24-23(29)26(35)33(27(24)36)22-13-9-19(30)10-14-22/h4-14,16,31H,2-3,15H2,1H3,(H,32,34). The van der Waals surface area contributed by atoms with Crippen LogP contribution in [0.2, 0.25) is 0 Å². The Balaban J connectivity index is 1.41. The van der Waals surface area contributed by atoms with Crippen LogP contribution in [0, 0.1) is 5.82 Å². The number of unbranched alkanes of at least 4 members (excludes halogenated alkanes) is 1. The Kier molecular flexibility index (Phi) is 8.18. The molecule has 194 valence electrons. The van der Waals surface area contributed by atoms with Crippen molar-refractivity contribution in [3.8, 4) is 0 Å². The van der Waals surface area contributed by atoms with Crippen molar-refractivity contribution in [2.75, 3.05) is 22.1 Å². The van der Waals surface area contributed by atoms with Crippen molar-refractivity contribution in [1.29, 1.82) is 0 Å². The zero-order chi connectivity index (χ0) is 27.2. The Morgan fingerprint density at radius 3 is 2.32 bits per heavy atom. The summed E-state index contributed by atoms with van der Waals surface area (Å²) in [5, 5.41) is 5.24. The van der Waals surface area contributed by atoms with E-state index in [2.05, 4.69) is 10.6 Å². The number of carbonyl (C=O) groups excluding carboxylic acids is 4. The maximum atomic E-state index is 13.2. The molecule has 0 aliphatic carbocycles. The average molecular weight is 536 g/mol. The number of nitrogens with zero attached hydrogens (tertiary/aromatic N) is 1. The van der Waals surface area contributed by atoms with Crippen LogP contribution >= 0.6 is 11.6 Å². The fourth-order valence-corrected chi connectivity index (χ4v) is 3.82. The summed E-state index contributed by atoms with van der Waals surface area (Å²) in [6.45, 7) is 2.33. The van der Waals surface area contributed by atoms with Gasteiger partial charge in [0.05, 0.1) is 17.9 Å². The molecule has 0 spiro atoms. The number of halogens is 2. The first-order valence-electron chi connectivity index (χ1n) is 11.8. The third kappa shape index (κ3) is 5.90. The number of esters is 1. The summed E-state index contributed by atoms with van der Waals surface area (Å²) in [7, 11) is 0. The number of ether oxygens (including phenoxy) is 1. The lowest BCUT2D eigenvalue weighted by Crippen LogP contribution is -2.32. The summed E-state index contributed by atoms with van der Waals surface area (Å²) < 4.78 is 18.4. The van der Waals surface area contributed by atoms with E-state index >= 15 is 0 Å². The van der Waals surface area contributed by atoms with E-state index in [4.69, 9.17) is 16.3 Å². The lowest BCUT2D eigenvalue weighted by molar-refractivity contribution is -0.120. The van der Waals surface area contributed by atoms with E-state index < -0.39 is 29.5 Å².